The van der Waals surface area contributed by atoms with Gasteiger partial charge in [0.15, 0.2) is 0 Å². The number of likely N-dealkylation sites (tertiary alicyclic amines) is 1. The highest BCUT2D eigenvalue weighted by molar-refractivity contribution is 9.10. The molecule has 2 unspecified atom stereocenters. The highest BCUT2D eigenvalue weighted by atomic mass is 79.9. The maximum absolute atomic E-state index is 14.3. The number of aromatic nitrogens is 1. The summed E-state index contributed by atoms with van der Waals surface area (Å²) in [4.78, 5) is 84.9. The molecule has 1 aliphatic carbocycles. The van der Waals surface area contributed by atoms with Gasteiger partial charge < -0.3 is 26.6 Å². The maximum Gasteiger partial charge on any atom is 0.316 e. The van der Waals surface area contributed by atoms with Crippen LogP contribution >= 0.6 is 15.9 Å². The molecule has 13 heteroatoms. The number of nitrogens with zero attached hydrogens (tertiary/aromatic N) is 2. The van der Waals surface area contributed by atoms with Crippen LogP contribution in [-0.4, -0.2) is 75.9 Å². The first-order chi connectivity index (χ1) is 21.2. The summed E-state index contributed by atoms with van der Waals surface area (Å²) in [6.45, 7) is 17.0. The minimum absolute atomic E-state index is 0.125. The number of halogens is 1. The van der Waals surface area contributed by atoms with Gasteiger partial charge in [0.25, 0.3) is 5.91 Å². The second-order valence-electron chi connectivity index (χ2n) is 14.6. The van der Waals surface area contributed by atoms with Crippen LogP contribution in [0.5, 0.6) is 0 Å². The summed E-state index contributed by atoms with van der Waals surface area (Å²) in [5.41, 5.74) is 4.59. The van der Waals surface area contributed by atoms with Crippen molar-refractivity contribution in [2.24, 2.45) is 28.4 Å². The van der Waals surface area contributed by atoms with Crippen LogP contribution in [0.1, 0.15) is 84.6 Å². The molecule has 0 bridgehead atoms. The van der Waals surface area contributed by atoms with E-state index in [1.165, 1.54) is 11.0 Å². The lowest BCUT2D eigenvalue weighted by Crippen LogP contribution is -2.62. The quantitative estimate of drug-likeness (QED) is 0.112. The number of pyridine rings is 1. The van der Waals surface area contributed by atoms with Gasteiger partial charge >= 0.3 is 6.03 Å². The Morgan fingerprint density at radius 3 is 2.15 bits per heavy atom. The molecule has 1 aromatic rings. The Bertz CT molecular complexity index is 1400. The molecule has 1 aromatic heterocycles. The van der Waals surface area contributed by atoms with E-state index in [9.17, 15) is 28.8 Å². The van der Waals surface area contributed by atoms with Gasteiger partial charge in [0.2, 0.25) is 23.4 Å². The van der Waals surface area contributed by atoms with Crippen LogP contribution in [-0.2, 0) is 19.2 Å². The third kappa shape index (κ3) is 9.23. The number of carbonyl (C=O) groups excluding carboxylic acids is 6. The van der Waals surface area contributed by atoms with Gasteiger partial charge in [-0.25, -0.2) is 9.78 Å². The molecule has 1 aliphatic heterocycles. The second-order valence-corrected chi connectivity index (χ2v) is 15.4. The van der Waals surface area contributed by atoms with Crippen molar-refractivity contribution in [1.29, 1.82) is 0 Å². The smallest absolute Gasteiger partial charge is 0.316 e. The summed E-state index contributed by atoms with van der Waals surface area (Å²) < 4.78 is 0.456. The lowest BCUT2D eigenvalue weighted by Gasteiger charge is -2.38. The van der Waals surface area contributed by atoms with Crippen LogP contribution in [0.3, 0.4) is 0 Å². The Morgan fingerprint density at radius 2 is 1.65 bits per heavy atom. The van der Waals surface area contributed by atoms with Gasteiger partial charge in [-0.1, -0.05) is 72.6 Å². The fourth-order valence-electron chi connectivity index (χ4n) is 5.84. The van der Waals surface area contributed by atoms with E-state index in [0.717, 1.165) is 12.8 Å². The van der Waals surface area contributed by atoms with E-state index in [1.54, 1.807) is 39.8 Å². The summed E-state index contributed by atoms with van der Waals surface area (Å²) >= 11 is 3.25. The molecule has 0 spiro atoms. The van der Waals surface area contributed by atoms with Gasteiger partial charge in [-0.3, -0.25) is 24.0 Å². The highest BCUT2D eigenvalue weighted by Crippen LogP contribution is 2.40. The zero-order valence-corrected chi connectivity index (χ0v) is 29.3. The Labute approximate surface area is 279 Å². The van der Waals surface area contributed by atoms with E-state index in [-0.39, 0.29) is 24.1 Å². The monoisotopic (exact) mass is 702 g/mol. The zero-order chi connectivity index (χ0) is 34.7. The zero-order valence-electron chi connectivity index (χ0n) is 27.7. The number of hydrogen-bond donors (Lipinski definition) is 4. The number of Topliss-reactive ketones (excluding diaryl/α,β-unsaturated/α-hetero) is 2. The Hall–Kier alpha value is -3.61. The van der Waals surface area contributed by atoms with Crippen molar-refractivity contribution in [2.45, 2.75) is 98.3 Å². The van der Waals surface area contributed by atoms with Gasteiger partial charge in [0.1, 0.15) is 28.4 Å². The van der Waals surface area contributed by atoms with Crippen LogP contribution < -0.4 is 21.7 Å². The van der Waals surface area contributed by atoms with E-state index >= 15 is 0 Å². The number of urea groups is 1. The SMILES string of the molecule is C=C(C)[C@H](NC(=O)N[C@H](C(=O)N1CC[C@H](C(C)(C)C)C1C(=O)NC(CC1CC1)C(=O)C(N)=O)C(C)(C)C)C(=O)c1cccc(Br)n1. The number of nitrogens with one attached hydrogen (secondary N) is 3. The molecule has 1 saturated carbocycles. The molecule has 2 heterocycles. The second kappa shape index (κ2) is 14.4. The number of amides is 5. The molecule has 252 valence electrons. The summed E-state index contributed by atoms with van der Waals surface area (Å²) in [7, 11) is 0. The Kier molecular flexibility index (Phi) is 11.6. The summed E-state index contributed by atoms with van der Waals surface area (Å²) in [6, 6.07) is -0.161. The molecular formula is C33H47BrN6O6. The minimum Gasteiger partial charge on any atom is -0.363 e. The van der Waals surface area contributed by atoms with Crippen LogP contribution in [0, 0.1) is 22.7 Å². The molecule has 2 aliphatic rings. The van der Waals surface area contributed by atoms with E-state index < -0.39 is 70.3 Å². The molecule has 0 radical (unpaired) electrons. The Balaban J connectivity index is 1.87. The van der Waals surface area contributed by atoms with Crippen molar-refractivity contribution in [1.82, 2.24) is 25.8 Å². The summed E-state index contributed by atoms with van der Waals surface area (Å²) in [5.74, 6) is -3.55. The van der Waals surface area contributed by atoms with Gasteiger partial charge in [-0.2, -0.15) is 0 Å². The van der Waals surface area contributed by atoms with Crippen LogP contribution in [0.2, 0.25) is 0 Å². The first kappa shape index (κ1) is 36.9. The van der Waals surface area contributed by atoms with Gasteiger partial charge in [-0.05, 0) is 70.5 Å². The largest absolute Gasteiger partial charge is 0.363 e. The lowest BCUT2D eigenvalue weighted by molar-refractivity contribution is -0.145. The van der Waals surface area contributed by atoms with Crippen molar-refractivity contribution in [3.63, 3.8) is 0 Å². The number of carbonyl (C=O) groups is 6. The average molecular weight is 704 g/mol. The van der Waals surface area contributed by atoms with E-state index in [0.29, 0.717) is 23.0 Å². The van der Waals surface area contributed by atoms with Crippen molar-refractivity contribution in [2.75, 3.05) is 6.54 Å². The predicted molar refractivity (Wildman–Crippen MR) is 176 cm³/mol. The van der Waals surface area contributed by atoms with Gasteiger partial charge in [-0.15, -0.1) is 0 Å². The number of hydrogen-bond acceptors (Lipinski definition) is 7. The number of nitrogens with two attached hydrogens (primary N) is 1. The Morgan fingerprint density at radius 1 is 1.02 bits per heavy atom. The normalized spacial score (nSPS) is 20.2. The predicted octanol–water partition coefficient (Wildman–Crippen LogP) is 3.29. The first-order valence-electron chi connectivity index (χ1n) is 15.6. The van der Waals surface area contributed by atoms with Crippen molar-refractivity contribution < 1.29 is 28.8 Å². The molecule has 5 N–H and O–H groups in total. The molecule has 46 heavy (non-hydrogen) atoms. The molecule has 5 atom stereocenters. The maximum atomic E-state index is 14.3. The summed E-state index contributed by atoms with van der Waals surface area (Å²) in [5, 5.41) is 8.13. The number of ketones is 2. The van der Waals surface area contributed by atoms with Crippen LogP contribution in [0.25, 0.3) is 0 Å². The third-order valence-electron chi connectivity index (χ3n) is 8.59. The topological polar surface area (TPSA) is 181 Å². The minimum atomic E-state index is -1.12. The van der Waals surface area contributed by atoms with Gasteiger partial charge in [0.05, 0.1) is 6.04 Å². The van der Waals surface area contributed by atoms with E-state index in [4.69, 9.17) is 5.73 Å². The van der Waals surface area contributed by atoms with Crippen LogP contribution in [0.4, 0.5) is 4.79 Å². The molecule has 12 nitrogen and oxygen atoms in total. The molecule has 5 amide bonds. The summed E-state index contributed by atoms with van der Waals surface area (Å²) in [6.07, 6.45) is 2.61. The fraction of sp³-hybridized carbons (Fsp3) is 0.606. The molecule has 3 rings (SSSR count). The molecule has 0 aromatic carbocycles. The van der Waals surface area contributed by atoms with E-state index in [2.05, 4.69) is 43.4 Å². The van der Waals surface area contributed by atoms with Crippen molar-refractivity contribution >= 4 is 51.2 Å². The van der Waals surface area contributed by atoms with E-state index in [1.807, 2.05) is 20.8 Å². The number of rotatable bonds is 12. The van der Waals surface area contributed by atoms with Crippen molar-refractivity contribution in [3.05, 3.63) is 40.6 Å². The molecule has 1 saturated heterocycles. The fourth-order valence-corrected chi connectivity index (χ4v) is 6.19. The highest BCUT2D eigenvalue weighted by Gasteiger charge is 2.50. The lowest BCUT2D eigenvalue weighted by atomic mass is 9.75. The molecule has 2 fully saturated rings. The molecular weight excluding hydrogens is 656 g/mol. The average Bonchev–Trinajstić information content (AvgIpc) is 3.64. The standard InChI is InChI=1S/C33H47BrN6O6/c1-17(2)23(25(41)20-10-9-11-22(34)36-20)38-31(46)39-27(33(6,7)8)30(45)40-15-14-19(32(3,4)5)24(40)29(44)37-21(16-18-12-13-18)26(42)28(35)43/h9-11,18-19,21,23-24,27H,1,12-16H2,2-8H3,(H2,35,43)(H,37,44)(H2,38,39,46)/t19-,21?,23-,24?,27+/m0/s1. The third-order valence-corrected chi connectivity index (χ3v) is 9.03. The number of primary amides is 1. The van der Waals surface area contributed by atoms with Crippen LogP contribution in [0.15, 0.2) is 35.0 Å². The van der Waals surface area contributed by atoms with Gasteiger partial charge in [0, 0.05) is 6.54 Å². The van der Waals surface area contributed by atoms with Crippen molar-refractivity contribution in [3.8, 4) is 0 Å². The first-order valence-corrected chi connectivity index (χ1v) is 16.3.